The van der Waals surface area contributed by atoms with Crippen molar-refractivity contribution in [1.29, 1.82) is 0 Å². The van der Waals surface area contributed by atoms with Crippen molar-refractivity contribution in [2.45, 2.75) is 38.9 Å². The predicted octanol–water partition coefficient (Wildman–Crippen LogP) is 3.43. The number of anilines is 2. The molecule has 21 heavy (non-hydrogen) atoms. The zero-order valence-electron chi connectivity index (χ0n) is 12.7. The molecule has 1 aromatic carbocycles. The average Bonchev–Trinajstić information content (AvgIpc) is 2.41. The summed E-state index contributed by atoms with van der Waals surface area (Å²) in [5, 5.41) is 3.40. The zero-order valence-corrected chi connectivity index (χ0v) is 14.3. The van der Waals surface area contributed by atoms with E-state index in [0.717, 1.165) is 0 Å². The molecule has 0 aliphatic carbocycles. The van der Waals surface area contributed by atoms with E-state index in [0.29, 0.717) is 40.9 Å². The largest absolute Gasteiger partial charge is 0.397 e. The summed E-state index contributed by atoms with van der Waals surface area (Å²) in [5.41, 5.74) is 6.76. The molecule has 0 saturated heterocycles. The van der Waals surface area contributed by atoms with Crippen LogP contribution in [0.15, 0.2) is 18.2 Å². The van der Waals surface area contributed by atoms with Crippen molar-refractivity contribution in [3.8, 4) is 0 Å². The van der Waals surface area contributed by atoms with Gasteiger partial charge in [0.05, 0.1) is 11.4 Å². The second kappa shape index (κ2) is 8.39. The maximum Gasteiger partial charge on any atom is 0.224 e. The van der Waals surface area contributed by atoms with E-state index in [2.05, 4.69) is 19.2 Å². The van der Waals surface area contributed by atoms with E-state index in [-0.39, 0.29) is 11.2 Å². The minimum Gasteiger partial charge on any atom is -0.397 e. The van der Waals surface area contributed by atoms with Crippen LogP contribution in [0.4, 0.5) is 11.4 Å². The second-order valence-electron chi connectivity index (χ2n) is 5.42. The fraction of sp³-hybridized carbons (Fsp3) is 0.533. The van der Waals surface area contributed by atoms with Gasteiger partial charge in [-0.3, -0.25) is 9.00 Å². The summed E-state index contributed by atoms with van der Waals surface area (Å²) in [6, 6.07) is 4.94. The summed E-state index contributed by atoms with van der Waals surface area (Å²) in [7, 11) is -0.892. The minimum absolute atomic E-state index is 0.141. The Kier molecular flexibility index (Phi) is 7.18. The molecule has 0 fully saturated rings. The SMILES string of the molecule is CC(C)C(C)S(=O)CCCC(=O)Nc1cc(Cl)ccc1N. The van der Waals surface area contributed by atoms with Gasteiger partial charge >= 0.3 is 0 Å². The number of hydrogen-bond acceptors (Lipinski definition) is 3. The van der Waals surface area contributed by atoms with Gasteiger partial charge in [-0.2, -0.15) is 0 Å². The fourth-order valence-corrected chi connectivity index (χ4v) is 3.29. The molecule has 1 aromatic rings. The Bertz CT molecular complexity index is 520. The van der Waals surface area contributed by atoms with Crippen LogP contribution >= 0.6 is 11.6 Å². The lowest BCUT2D eigenvalue weighted by molar-refractivity contribution is -0.116. The van der Waals surface area contributed by atoms with Gasteiger partial charge < -0.3 is 11.1 Å². The van der Waals surface area contributed by atoms with Crippen LogP contribution in [0.5, 0.6) is 0 Å². The number of carbonyl (C=O) groups excluding carboxylic acids is 1. The molecule has 1 rings (SSSR count). The fourth-order valence-electron chi connectivity index (χ4n) is 1.71. The molecule has 0 aliphatic rings. The molecule has 0 bridgehead atoms. The molecule has 0 saturated carbocycles. The van der Waals surface area contributed by atoms with Crippen molar-refractivity contribution >= 4 is 39.7 Å². The van der Waals surface area contributed by atoms with E-state index in [1.54, 1.807) is 18.2 Å². The Labute approximate surface area is 133 Å². The number of rotatable bonds is 7. The van der Waals surface area contributed by atoms with Crippen LogP contribution in [-0.4, -0.2) is 21.1 Å². The summed E-state index contributed by atoms with van der Waals surface area (Å²) >= 11 is 5.86. The number of nitrogens with one attached hydrogen (secondary N) is 1. The van der Waals surface area contributed by atoms with Gasteiger partial charge in [0.25, 0.3) is 0 Å². The van der Waals surface area contributed by atoms with Gasteiger partial charge in [-0.1, -0.05) is 32.4 Å². The van der Waals surface area contributed by atoms with Crippen molar-refractivity contribution in [2.75, 3.05) is 16.8 Å². The lowest BCUT2D eigenvalue weighted by atomic mass is 10.2. The Morgan fingerprint density at radius 2 is 2.05 bits per heavy atom. The van der Waals surface area contributed by atoms with Crippen LogP contribution in [0.3, 0.4) is 0 Å². The van der Waals surface area contributed by atoms with Gasteiger partial charge in [0.1, 0.15) is 0 Å². The van der Waals surface area contributed by atoms with Crippen molar-refractivity contribution in [1.82, 2.24) is 0 Å². The molecule has 0 spiro atoms. The van der Waals surface area contributed by atoms with Gasteiger partial charge in [0.15, 0.2) is 0 Å². The smallest absolute Gasteiger partial charge is 0.224 e. The number of nitrogens with two attached hydrogens (primary N) is 1. The monoisotopic (exact) mass is 330 g/mol. The van der Waals surface area contributed by atoms with Crippen LogP contribution in [0, 0.1) is 5.92 Å². The number of amides is 1. The third kappa shape index (κ3) is 6.06. The first-order chi connectivity index (χ1) is 9.81. The summed E-state index contributed by atoms with van der Waals surface area (Å²) in [6.45, 7) is 6.09. The van der Waals surface area contributed by atoms with Crippen LogP contribution in [0.25, 0.3) is 0 Å². The van der Waals surface area contributed by atoms with E-state index in [1.807, 2.05) is 6.92 Å². The molecule has 118 valence electrons. The van der Waals surface area contributed by atoms with Gasteiger partial charge in [-0.25, -0.2) is 0 Å². The molecular formula is C15H23ClN2O2S. The molecule has 1 amide bonds. The lowest BCUT2D eigenvalue weighted by Crippen LogP contribution is -2.21. The van der Waals surface area contributed by atoms with Gasteiger partial charge in [-0.05, 0) is 30.5 Å². The molecule has 0 aromatic heterocycles. The van der Waals surface area contributed by atoms with Crippen molar-refractivity contribution < 1.29 is 9.00 Å². The van der Waals surface area contributed by atoms with Gasteiger partial charge in [0.2, 0.25) is 5.91 Å². The molecular weight excluding hydrogens is 308 g/mol. The maximum absolute atomic E-state index is 12.0. The van der Waals surface area contributed by atoms with E-state index >= 15 is 0 Å². The van der Waals surface area contributed by atoms with Crippen molar-refractivity contribution in [2.24, 2.45) is 5.92 Å². The zero-order chi connectivity index (χ0) is 16.0. The molecule has 0 radical (unpaired) electrons. The number of benzene rings is 1. The van der Waals surface area contributed by atoms with Gasteiger partial charge in [-0.15, -0.1) is 0 Å². The minimum atomic E-state index is -0.892. The Morgan fingerprint density at radius 1 is 1.38 bits per heavy atom. The lowest BCUT2D eigenvalue weighted by Gasteiger charge is -2.14. The molecule has 6 heteroatoms. The average molecular weight is 331 g/mol. The molecule has 0 aliphatic heterocycles. The first-order valence-corrected chi connectivity index (χ1v) is 8.79. The Morgan fingerprint density at radius 3 is 2.67 bits per heavy atom. The molecule has 4 nitrogen and oxygen atoms in total. The van der Waals surface area contributed by atoms with Crippen LogP contribution in [-0.2, 0) is 15.6 Å². The highest BCUT2D eigenvalue weighted by Crippen LogP contribution is 2.23. The summed E-state index contributed by atoms with van der Waals surface area (Å²) in [4.78, 5) is 11.9. The van der Waals surface area contributed by atoms with E-state index in [1.165, 1.54) is 0 Å². The van der Waals surface area contributed by atoms with Gasteiger partial charge in [0, 0.05) is 33.2 Å². The first-order valence-electron chi connectivity index (χ1n) is 7.03. The van der Waals surface area contributed by atoms with Crippen LogP contribution < -0.4 is 11.1 Å². The quantitative estimate of drug-likeness (QED) is 0.752. The number of hydrogen-bond donors (Lipinski definition) is 2. The van der Waals surface area contributed by atoms with E-state index in [9.17, 15) is 9.00 Å². The summed E-state index contributed by atoms with van der Waals surface area (Å²) in [5.74, 6) is 0.779. The number of nitrogen functional groups attached to an aromatic ring is 1. The van der Waals surface area contributed by atoms with E-state index < -0.39 is 10.8 Å². The molecule has 2 atom stereocenters. The summed E-state index contributed by atoms with van der Waals surface area (Å²) in [6.07, 6.45) is 0.915. The molecule has 2 unspecified atom stereocenters. The topological polar surface area (TPSA) is 72.2 Å². The second-order valence-corrected chi connectivity index (χ2v) is 7.77. The molecule has 0 heterocycles. The number of carbonyl (C=O) groups is 1. The predicted molar refractivity (Wildman–Crippen MR) is 91.0 cm³/mol. The third-order valence-corrected chi connectivity index (χ3v) is 5.69. The standard InChI is InChI=1S/C15H23ClN2O2S/c1-10(2)11(3)21(20)8-4-5-15(19)18-14-9-12(16)6-7-13(14)17/h6-7,9-11H,4-5,8,17H2,1-3H3,(H,18,19). The highest BCUT2D eigenvalue weighted by Gasteiger charge is 2.15. The Balaban J connectivity index is 2.41. The van der Waals surface area contributed by atoms with E-state index in [4.69, 9.17) is 17.3 Å². The van der Waals surface area contributed by atoms with Crippen LogP contribution in [0.2, 0.25) is 5.02 Å². The van der Waals surface area contributed by atoms with Crippen LogP contribution in [0.1, 0.15) is 33.6 Å². The Hall–Kier alpha value is -1.07. The highest BCUT2D eigenvalue weighted by molar-refractivity contribution is 7.85. The third-order valence-electron chi connectivity index (χ3n) is 3.39. The summed E-state index contributed by atoms with van der Waals surface area (Å²) < 4.78 is 12.0. The highest BCUT2D eigenvalue weighted by atomic mass is 35.5. The van der Waals surface area contributed by atoms with Crippen molar-refractivity contribution in [3.05, 3.63) is 23.2 Å². The normalized spacial score (nSPS) is 14.0. The first kappa shape index (κ1) is 18.0. The maximum atomic E-state index is 12.0. The van der Waals surface area contributed by atoms with Crippen molar-refractivity contribution in [3.63, 3.8) is 0 Å². The number of halogens is 1. The molecule has 3 N–H and O–H groups in total.